The molecule has 2 N–H and O–H groups in total. The van der Waals surface area contributed by atoms with Gasteiger partial charge in [-0.15, -0.1) is 0 Å². The first kappa shape index (κ1) is 27.0. The lowest BCUT2D eigenvalue weighted by Crippen LogP contribution is -2.37. The molecule has 0 atom stereocenters. The Morgan fingerprint density at radius 1 is 1.06 bits per heavy atom. The minimum atomic E-state index is -4.57. The molecule has 0 saturated carbocycles. The maximum atomic E-state index is 13.2. The van der Waals surface area contributed by atoms with Gasteiger partial charge in [-0.1, -0.05) is 23.7 Å². The molecular formula is C23H25ClF3N3O4. The van der Waals surface area contributed by atoms with Gasteiger partial charge in [0.1, 0.15) is 0 Å². The van der Waals surface area contributed by atoms with Crippen molar-refractivity contribution in [3.05, 3.63) is 59.1 Å². The Hall–Kier alpha value is -3.27. The number of anilines is 2. The second-order valence-corrected chi connectivity index (χ2v) is 7.59. The van der Waals surface area contributed by atoms with E-state index in [4.69, 9.17) is 16.3 Å². The van der Waals surface area contributed by atoms with E-state index in [-0.39, 0.29) is 50.6 Å². The topological polar surface area (TPSA) is 87.7 Å². The first-order valence-corrected chi connectivity index (χ1v) is 10.9. The number of carbonyl (C=O) groups excluding carboxylic acids is 3. The summed E-state index contributed by atoms with van der Waals surface area (Å²) in [6.45, 7) is 2.06. The van der Waals surface area contributed by atoms with Crippen LogP contribution in [0.2, 0.25) is 5.02 Å². The lowest BCUT2D eigenvalue weighted by molar-refractivity contribution is -0.144. The Kier molecular flexibility index (Phi) is 10.2. The van der Waals surface area contributed by atoms with Crippen molar-refractivity contribution in [2.24, 2.45) is 0 Å². The molecule has 3 amide bonds. The van der Waals surface area contributed by atoms with Crippen molar-refractivity contribution in [2.75, 3.05) is 29.9 Å². The van der Waals surface area contributed by atoms with Crippen LogP contribution in [0.1, 0.15) is 31.7 Å². The van der Waals surface area contributed by atoms with Crippen LogP contribution in [0.15, 0.2) is 48.5 Å². The molecule has 184 valence electrons. The van der Waals surface area contributed by atoms with Gasteiger partial charge in [-0.05, 0) is 49.7 Å². The molecule has 0 heterocycles. The molecule has 34 heavy (non-hydrogen) atoms. The summed E-state index contributed by atoms with van der Waals surface area (Å²) in [4.78, 5) is 37.3. The third-order valence-electron chi connectivity index (χ3n) is 4.55. The number of nitrogens with one attached hydrogen (secondary N) is 2. The fourth-order valence-corrected chi connectivity index (χ4v) is 3.15. The highest BCUT2D eigenvalue weighted by Gasteiger charge is 2.31. The van der Waals surface area contributed by atoms with E-state index in [1.807, 2.05) is 0 Å². The van der Waals surface area contributed by atoms with Crippen LogP contribution in [0.3, 0.4) is 0 Å². The predicted octanol–water partition coefficient (Wildman–Crippen LogP) is 5.25. The van der Waals surface area contributed by atoms with Crippen molar-refractivity contribution in [2.45, 2.75) is 32.4 Å². The Bertz CT molecular complexity index is 1000. The van der Waals surface area contributed by atoms with Crippen molar-refractivity contribution < 1.29 is 32.3 Å². The first-order valence-electron chi connectivity index (χ1n) is 10.5. The monoisotopic (exact) mass is 499 g/mol. The summed E-state index contributed by atoms with van der Waals surface area (Å²) in [6.07, 6.45) is -4.42. The number of carbonyl (C=O) groups is 3. The molecule has 0 aliphatic rings. The number of hydrogen-bond donors (Lipinski definition) is 2. The largest absolute Gasteiger partial charge is 0.466 e. The highest BCUT2D eigenvalue weighted by atomic mass is 35.5. The van der Waals surface area contributed by atoms with Crippen LogP contribution in [0.4, 0.5) is 29.3 Å². The summed E-state index contributed by atoms with van der Waals surface area (Å²) in [6, 6.07) is 10.1. The maximum Gasteiger partial charge on any atom is 0.416 e. The average Bonchev–Trinajstić information content (AvgIpc) is 2.77. The summed E-state index contributed by atoms with van der Waals surface area (Å²) < 4.78 is 44.3. The van der Waals surface area contributed by atoms with Gasteiger partial charge in [0.15, 0.2) is 0 Å². The van der Waals surface area contributed by atoms with E-state index in [9.17, 15) is 27.6 Å². The molecule has 0 spiro atoms. The molecule has 0 aliphatic heterocycles. The van der Waals surface area contributed by atoms with Crippen molar-refractivity contribution in [1.29, 1.82) is 0 Å². The molecule has 0 fully saturated rings. The van der Waals surface area contributed by atoms with E-state index in [2.05, 4.69) is 10.6 Å². The SMILES string of the molecule is CCOC(=O)CCC(=O)NCCCN(C(=O)Nc1cccc(Cl)c1)c1cccc(C(F)(F)F)c1. The zero-order valence-electron chi connectivity index (χ0n) is 18.5. The zero-order valence-corrected chi connectivity index (χ0v) is 19.2. The van der Waals surface area contributed by atoms with Gasteiger partial charge in [-0.25, -0.2) is 4.79 Å². The first-order chi connectivity index (χ1) is 16.1. The number of halogens is 4. The van der Waals surface area contributed by atoms with Crippen LogP contribution in [-0.4, -0.2) is 37.6 Å². The van der Waals surface area contributed by atoms with Crippen LogP contribution in [0.25, 0.3) is 0 Å². The van der Waals surface area contributed by atoms with Crippen molar-refractivity contribution >= 4 is 40.9 Å². The lowest BCUT2D eigenvalue weighted by atomic mass is 10.1. The molecule has 0 bridgehead atoms. The molecule has 0 aliphatic carbocycles. The number of amides is 3. The van der Waals surface area contributed by atoms with Crippen LogP contribution in [0, 0.1) is 0 Å². The third-order valence-corrected chi connectivity index (χ3v) is 4.78. The molecule has 0 radical (unpaired) electrons. The molecule has 2 rings (SSSR count). The second-order valence-electron chi connectivity index (χ2n) is 7.15. The number of hydrogen-bond acceptors (Lipinski definition) is 4. The molecular weight excluding hydrogens is 475 g/mol. The van der Waals surface area contributed by atoms with Gasteiger partial charge in [-0.3, -0.25) is 14.5 Å². The lowest BCUT2D eigenvalue weighted by Gasteiger charge is -2.24. The number of nitrogens with zero attached hydrogens (tertiary/aromatic N) is 1. The Balaban J connectivity index is 2.05. The van der Waals surface area contributed by atoms with Gasteiger partial charge in [-0.2, -0.15) is 13.2 Å². The maximum absolute atomic E-state index is 13.2. The Morgan fingerprint density at radius 2 is 1.79 bits per heavy atom. The second kappa shape index (κ2) is 12.8. The van der Waals surface area contributed by atoms with E-state index in [1.54, 1.807) is 25.1 Å². The average molecular weight is 500 g/mol. The van der Waals surface area contributed by atoms with E-state index < -0.39 is 23.7 Å². The Labute approximate surface area is 200 Å². The standard InChI is InChI=1S/C23H25ClF3N3O4/c1-2-34-21(32)11-10-20(31)28-12-5-13-30(19-9-3-6-16(14-19)23(25,26)27)22(33)29-18-8-4-7-17(24)15-18/h3-4,6-9,14-15H,2,5,10-13H2,1H3,(H,28,31)(H,29,33). The zero-order chi connectivity index (χ0) is 25.1. The van der Waals surface area contributed by atoms with Crippen molar-refractivity contribution in [3.63, 3.8) is 0 Å². The highest BCUT2D eigenvalue weighted by molar-refractivity contribution is 6.30. The smallest absolute Gasteiger partial charge is 0.416 e. The van der Waals surface area contributed by atoms with Crippen LogP contribution >= 0.6 is 11.6 Å². The molecule has 0 unspecified atom stereocenters. The van der Waals surface area contributed by atoms with Gasteiger partial charge in [0.05, 0.1) is 18.6 Å². The van der Waals surface area contributed by atoms with Gasteiger partial charge in [0, 0.05) is 35.9 Å². The molecule has 7 nitrogen and oxygen atoms in total. The van der Waals surface area contributed by atoms with Crippen LogP contribution in [0.5, 0.6) is 0 Å². The highest BCUT2D eigenvalue weighted by Crippen LogP contribution is 2.32. The van der Waals surface area contributed by atoms with E-state index in [0.717, 1.165) is 17.0 Å². The van der Waals surface area contributed by atoms with Crippen molar-refractivity contribution in [3.8, 4) is 0 Å². The van der Waals surface area contributed by atoms with Gasteiger partial charge >= 0.3 is 18.2 Å². The molecule has 0 aromatic heterocycles. The summed E-state index contributed by atoms with van der Waals surface area (Å²) in [5.41, 5.74) is -0.470. The summed E-state index contributed by atoms with van der Waals surface area (Å²) in [5, 5.41) is 5.62. The number of ether oxygens (including phenoxy) is 1. The minimum Gasteiger partial charge on any atom is -0.466 e. The normalized spacial score (nSPS) is 11.0. The van der Waals surface area contributed by atoms with Crippen LogP contribution in [-0.2, 0) is 20.5 Å². The minimum absolute atomic E-state index is 0.0197. The van der Waals surface area contributed by atoms with Crippen LogP contribution < -0.4 is 15.5 Å². The summed E-state index contributed by atoms with van der Waals surface area (Å²) in [7, 11) is 0. The number of alkyl halides is 3. The van der Waals surface area contributed by atoms with E-state index in [1.165, 1.54) is 18.2 Å². The number of benzene rings is 2. The molecule has 2 aromatic carbocycles. The molecule has 11 heteroatoms. The molecule has 2 aromatic rings. The van der Waals surface area contributed by atoms with Gasteiger partial charge in [0.2, 0.25) is 5.91 Å². The summed E-state index contributed by atoms with van der Waals surface area (Å²) >= 11 is 5.93. The van der Waals surface area contributed by atoms with Crippen molar-refractivity contribution in [1.82, 2.24) is 5.32 Å². The number of urea groups is 1. The fourth-order valence-electron chi connectivity index (χ4n) is 2.96. The van der Waals surface area contributed by atoms with E-state index >= 15 is 0 Å². The number of rotatable bonds is 10. The number of esters is 1. The Morgan fingerprint density at radius 3 is 2.47 bits per heavy atom. The quantitative estimate of drug-likeness (QED) is 0.345. The van der Waals surface area contributed by atoms with E-state index in [0.29, 0.717) is 10.7 Å². The third kappa shape index (κ3) is 8.93. The fraction of sp³-hybridized carbons (Fsp3) is 0.348. The molecule has 0 saturated heterocycles. The predicted molar refractivity (Wildman–Crippen MR) is 123 cm³/mol. The van der Waals surface area contributed by atoms with Gasteiger partial charge < -0.3 is 15.4 Å². The summed E-state index contributed by atoms with van der Waals surface area (Å²) in [5.74, 6) is -0.854. The van der Waals surface area contributed by atoms with Gasteiger partial charge in [0.25, 0.3) is 0 Å².